The lowest BCUT2D eigenvalue weighted by Crippen LogP contribution is -2.46. The van der Waals surface area contributed by atoms with Crippen molar-refractivity contribution in [3.8, 4) is 0 Å². The molecule has 1 aliphatic rings. The largest absolute Gasteiger partial charge is 0.380 e. The van der Waals surface area contributed by atoms with Crippen LogP contribution in [0.2, 0.25) is 0 Å². The van der Waals surface area contributed by atoms with Crippen LogP contribution in [0.3, 0.4) is 0 Å². The third-order valence-electron chi connectivity index (χ3n) is 3.73. The minimum Gasteiger partial charge on any atom is -0.380 e. The van der Waals surface area contributed by atoms with Crippen LogP contribution in [0, 0.1) is 5.41 Å². The molecule has 1 saturated carbocycles. The van der Waals surface area contributed by atoms with Crippen molar-refractivity contribution in [2.75, 3.05) is 14.2 Å². The van der Waals surface area contributed by atoms with E-state index in [9.17, 15) is 0 Å². The van der Waals surface area contributed by atoms with Gasteiger partial charge in [0.05, 0.1) is 6.10 Å². The predicted octanol–water partition coefficient (Wildman–Crippen LogP) is 2.58. The first kappa shape index (κ1) is 12.0. The first-order valence-electron chi connectivity index (χ1n) is 5.85. The summed E-state index contributed by atoms with van der Waals surface area (Å²) in [6.45, 7) is 4.69. The molecule has 0 aliphatic heterocycles. The summed E-state index contributed by atoms with van der Waals surface area (Å²) in [6, 6.07) is 0.560. The van der Waals surface area contributed by atoms with E-state index in [4.69, 9.17) is 4.74 Å². The van der Waals surface area contributed by atoms with Gasteiger partial charge in [-0.3, -0.25) is 0 Å². The van der Waals surface area contributed by atoms with Crippen LogP contribution in [-0.4, -0.2) is 26.3 Å². The molecule has 0 saturated heterocycles. The summed E-state index contributed by atoms with van der Waals surface area (Å²) in [5.74, 6) is 0. The Balaban J connectivity index is 2.55. The summed E-state index contributed by atoms with van der Waals surface area (Å²) < 4.78 is 5.57. The summed E-state index contributed by atoms with van der Waals surface area (Å²) in [7, 11) is 3.88. The number of hydrogen-bond acceptors (Lipinski definition) is 2. The van der Waals surface area contributed by atoms with Gasteiger partial charge >= 0.3 is 0 Å². The highest BCUT2D eigenvalue weighted by molar-refractivity contribution is 4.90. The summed E-state index contributed by atoms with van der Waals surface area (Å²) in [6.07, 6.45) is 6.84. The second kappa shape index (κ2) is 5.13. The van der Waals surface area contributed by atoms with Crippen LogP contribution >= 0.6 is 0 Å². The SMILES string of the molecule is CCCC1(C)CCC(NC)C(OC)C1. The van der Waals surface area contributed by atoms with Crippen LogP contribution < -0.4 is 5.32 Å². The quantitative estimate of drug-likeness (QED) is 0.751. The molecule has 0 aromatic rings. The fourth-order valence-corrected chi connectivity index (χ4v) is 2.83. The van der Waals surface area contributed by atoms with Crippen molar-refractivity contribution in [3.63, 3.8) is 0 Å². The third-order valence-corrected chi connectivity index (χ3v) is 3.73. The highest BCUT2D eigenvalue weighted by Crippen LogP contribution is 2.40. The van der Waals surface area contributed by atoms with Gasteiger partial charge < -0.3 is 10.1 Å². The van der Waals surface area contributed by atoms with E-state index in [0.717, 1.165) is 0 Å². The number of likely N-dealkylation sites (N-methyl/N-ethyl adjacent to an activating group) is 1. The minimum absolute atomic E-state index is 0.408. The minimum atomic E-state index is 0.408. The van der Waals surface area contributed by atoms with Crippen LogP contribution in [-0.2, 0) is 4.74 Å². The second-order valence-corrected chi connectivity index (χ2v) is 4.97. The zero-order valence-corrected chi connectivity index (χ0v) is 10.1. The molecule has 0 radical (unpaired) electrons. The first-order valence-corrected chi connectivity index (χ1v) is 5.85. The molecule has 1 N–H and O–H groups in total. The Hall–Kier alpha value is -0.0800. The summed E-state index contributed by atoms with van der Waals surface area (Å²) in [4.78, 5) is 0. The van der Waals surface area contributed by atoms with Crippen molar-refractivity contribution in [2.24, 2.45) is 5.41 Å². The van der Waals surface area contributed by atoms with Gasteiger partial charge in [0.25, 0.3) is 0 Å². The van der Waals surface area contributed by atoms with E-state index in [0.29, 0.717) is 17.6 Å². The standard InChI is InChI=1S/C12H25NO/c1-5-7-12(2)8-6-10(13-3)11(9-12)14-4/h10-11,13H,5-9H2,1-4H3. The molecule has 84 valence electrons. The maximum Gasteiger partial charge on any atom is 0.0729 e. The highest BCUT2D eigenvalue weighted by atomic mass is 16.5. The Morgan fingerprint density at radius 2 is 2.21 bits per heavy atom. The molecule has 14 heavy (non-hydrogen) atoms. The van der Waals surface area contributed by atoms with Gasteiger partial charge in [0.15, 0.2) is 0 Å². The normalized spacial score (nSPS) is 38.6. The number of hydrogen-bond donors (Lipinski definition) is 1. The van der Waals surface area contributed by atoms with Crippen LogP contribution in [0.15, 0.2) is 0 Å². The van der Waals surface area contributed by atoms with E-state index < -0.39 is 0 Å². The van der Waals surface area contributed by atoms with E-state index in [2.05, 4.69) is 19.2 Å². The van der Waals surface area contributed by atoms with Gasteiger partial charge in [-0.1, -0.05) is 20.3 Å². The Kier molecular flexibility index (Phi) is 4.39. The van der Waals surface area contributed by atoms with E-state index >= 15 is 0 Å². The Morgan fingerprint density at radius 3 is 2.71 bits per heavy atom. The summed E-state index contributed by atoms with van der Waals surface area (Å²) in [5.41, 5.74) is 0.517. The Labute approximate surface area is 88.4 Å². The topological polar surface area (TPSA) is 21.3 Å². The molecule has 0 spiro atoms. The van der Waals surface area contributed by atoms with Gasteiger partial charge in [-0.2, -0.15) is 0 Å². The second-order valence-electron chi connectivity index (χ2n) is 4.97. The smallest absolute Gasteiger partial charge is 0.0729 e. The predicted molar refractivity (Wildman–Crippen MR) is 60.5 cm³/mol. The van der Waals surface area contributed by atoms with Gasteiger partial charge in [-0.15, -0.1) is 0 Å². The Morgan fingerprint density at radius 1 is 1.50 bits per heavy atom. The molecule has 0 amide bonds. The lowest BCUT2D eigenvalue weighted by Gasteiger charge is -2.42. The summed E-state index contributed by atoms with van der Waals surface area (Å²) in [5, 5.41) is 3.36. The van der Waals surface area contributed by atoms with E-state index in [1.165, 1.54) is 32.1 Å². The van der Waals surface area contributed by atoms with Gasteiger partial charge in [-0.05, 0) is 38.1 Å². The molecular formula is C12H25NO. The number of methoxy groups -OCH3 is 1. The molecule has 0 aromatic heterocycles. The van der Waals surface area contributed by atoms with Crippen molar-refractivity contribution in [1.29, 1.82) is 0 Å². The molecule has 3 unspecified atom stereocenters. The molecule has 1 rings (SSSR count). The number of nitrogens with one attached hydrogen (secondary N) is 1. The lowest BCUT2D eigenvalue weighted by atomic mass is 9.70. The number of ether oxygens (including phenoxy) is 1. The maximum absolute atomic E-state index is 5.57. The molecule has 0 aromatic carbocycles. The van der Waals surface area contributed by atoms with Crippen molar-refractivity contribution in [2.45, 2.75) is 58.1 Å². The average Bonchev–Trinajstić information content (AvgIpc) is 2.18. The van der Waals surface area contributed by atoms with E-state index in [1.54, 1.807) is 0 Å². The molecule has 2 nitrogen and oxygen atoms in total. The van der Waals surface area contributed by atoms with Crippen molar-refractivity contribution < 1.29 is 4.74 Å². The fourth-order valence-electron chi connectivity index (χ4n) is 2.83. The van der Waals surface area contributed by atoms with E-state index in [-0.39, 0.29) is 0 Å². The van der Waals surface area contributed by atoms with Crippen molar-refractivity contribution in [3.05, 3.63) is 0 Å². The van der Waals surface area contributed by atoms with Gasteiger partial charge in [-0.25, -0.2) is 0 Å². The van der Waals surface area contributed by atoms with Crippen LogP contribution in [0.25, 0.3) is 0 Å². The van der Waals surface area contributed by atoms with Gasteiger partial charge in [0.2, 0.25) is 0 Å². The van der Waals surface area contributed by atoms with Crippen LogP contribution in [0.5, 0.6) is 0 Å². The molecule has 3 atom stereocenters. The number of rotatable bonds is 4. The fraction of sp³-hybridized carbons (Fsp3) is 1.00. The molecule has 1 fully saturated rings. The lowest BCUT2D eigenvalue weighted by molar-refractivity contribution is -0.00709. The zero-order chi connectivity index (χ0) is 10.6. The van der Waals surface area contributed by atoms with Gasteiger partial charge in [0, 0.05) is 13.2 Å². The summed E-state index contributed by atoms with van der Waals surface area (Å²) >= 11 is 0. The monoisotopic (exact) mass is 199 g/mol. The van der Waals surface area contributed by atoms with Crippen LogP contribution in [0.4, 0.5) is 0 Å². The Bertz CT molecular complexity index is 172. The van der Waals surface area contributed by atoms with Gasteiger partial charge in [0.1, 0.15) is 0 Å². The molecule has 1 aliphatic carbocycles. The third kappa shape index (κ3) is 2.71. The van der Waals surface area contributed by atoms with Crippen molar-refractivity contribution in [1.82, 2.24) is 5.32 Å². The van der Waals surface area contributed by atoms with Crippen LogP contribution in [0.1, 0.15) is 46.0 Å². The molecule has 0 heterocycles. The average molecular weight is 199 g/mol. The highest BCUT2D eigenvalue weighted by Gasteiger charge is 2.36. The maximum atomic E-state index is 5.57. The first-order chi connectivity index (χ1) is 6.65. The zero-order valence-electron chi connectivity index (χ0n) is 10.1. The van der Waals surface area contributed by atoms with E-state index in [1.807, 2.05) is 14.2 Å². The molecular weight excluding hydrogens is 174 g/mol. The van der Waals surface area contributed by atoms with Crippen molar-refractivity contribution >= 4 is 0 Å². The molecule has 0 bridgehead atoms. The molecule has 2 heteroatoms.